The third-order valence-corrected chi connectivity index (χ3v) is 2.95. The lowest BCUT2D eigenvalue weighted by Gasteiger charge is -2.12. The molecule has 0 bridgehead atoms. The molecule has 0 saturated carbocycles. The number of rotatable bonds is 9. The number of benzene rings is 1. The van der Waals surface area contributed by atoms with Gasteiger partial charge in [0.2, 0.25) is 0 Å². The fraction of sp³-hybridized carbons (Fsp3) is 0.571. The second kappa shape index (κ2) is 9.20. The van der Waals surface area contributed by atoms with Crippen LogP contribution in [0.5, 0.6) is 5.75 Å². The average Bonchev–Trinajstić information content (AvgIpc) is 2.37. The molecule has 1 aromatic rings. The molecule has 2 N–H and O–H groups in total. The molecule has 0 aromatic heterocycles. The molecule has 0 spiro atoms. The smallest absolute Gasteiger partial charge is 0.124 e. The van der Waals surface area contributed by atoms with Crippen molar-refractivity contribution >= 4 is 11.6 Å². The molecule has 1 aromatic carbocycles. The first-order chi connectivity index (χ1) is 8.79. The maximum absolute atomic E-state index is 6.12. The molecular formula is C14H22ClNO2. The van der Waals surface area contributed by atoms with E-state index in [4.69, 9.17) is 26.8 Å². The van der Waals surface area contributed by atoms with E-state index in [9.17, 15) is 0 Å². The highest BCUT2D eigenvalue weighted by atomic mass is 35.5. The molecular weight excluding hydrogens is 250 g/mol. The third kappa shape index (κ3) is 5.25. The van der Waals surface area contributed by atoms with E-state index in [1.807, 2.05) is 18.2 Å². The topological polar surface area (TPSA) is 44.5 Å². The summed E-state index contributed by atoms with van der Waals surface area (Å²) in [7, 11) is 0. The Kier molecular flexibility index (Phi) is 7.81. The third-order valence-electron chi connectivity index (χ3n) is 2.60. The second-order valence-electron chi connectivity index (χ2n) is 4.07. The summed E-state index contributed by atoms with van der Waals surface area (Å²) >= 11 is 6.12. The minimum Gasteiger partial charge on any atom is -0.491 e. The highest BCUT2D eigenvalue weighted by molar-refractivity contribution is 6.31. The van der Waals surface area contributed by atoms with Crippen LogP contribution in [0.25, 0.3) is 0 Å². The van der Waals surface area contributed by atoms with Crippen LogP contribution in [0.4, 0.5) is 0 Å². The molecule has 3 nitrogen and oxygen atoms in total. The van der Waals surface area contributed by atoms with Crippen molar-refractivity contribution in [1.82, 2.24) is 0 Å². The standard InChI is InChI=1S/C14H22ClNO2/c1-2-3-9-17-10-11-18-14-6-4-5-13(15)12(14)7-8-16/h4-6H,2-3,7-11,16H2,1H3. The fourth-order valence-corrected chi connectivity index (χ4v) is 1.88. The van der Waals surface area contributed by atoms with Gasteiger partial charge in [0.15, 0.2) is 0 Å². The summed E-state index contributed by atoms with van der Waals surface area (Å²) in [6.07, 6.45) is 2.97. The van der Waals surface area contributed by atoms with Gasteiger partial charge in [-0.1, -0.05) is 31.0 Å². The number of ether oxygens (including phenoxy) is 2. The Labute approximate surface area is 114 Å². The van der Waals surface area contributed by atoms with Crippen molar-refractivity contribution in [2.24, 2.45) is 5.73 Å². The summed E-state index contributed by atoms with van der Waals surface area (Å²) in [6, 6.07) is 5.66. The van der Waals surface area contributed by atoms with E-state index in [0.717, 1.165) is 37.2 Å². The average molecular weight is 272 g/mol. The summed E-state index contributed by atoms with van der Waals surface area (Å²) in [6.45, 7) is 4.65. The molecule has 18 heavy (non-hydrogen) atoms. The van der Waals surface area contributed by atoms with Crippen molar-refractivity contribution in [3.63, 3.8) is 0 Å². The van der Waals surface area contributed by atoms with Crippen LogP contribution in [0.1, 0.15) is 25.3 Å². The fourth-order valence-electron chi connectivity index (χ4n) is 1.62. The van der Waals surface area contributed by atoms with E-state index >= 15 is 0 Å². The molecule has 4 heteroatoms. The Morgan fingerprint density at radius 1 is 1.22 bits per heavy atom. The quantitative estimate of drug-likeness (QED) is 0.702. The van der Waals surface area contributed by atoms with Crippen LogP contribution in [0.3, 0.4) is 0 Å². The lowest BCUT2D eigenvalue weighted by atomic mass is 10.1. The summed E-state index contributed by atoms with van der Waals surface area (Å²) in [5.41, 5.74) is 6.55. The highest BCUT2D eigenvalue weighted by Gasteiger charge is 2.07. The van der Waals surface area contributed by atoms with Gasteiger partial charge in [-0.3, -0.25) is 0 Å². The minimum atomic E-state index is 0.543. The SMILES string of the molecule is CCCCOCCOc1cccc(Cl)c1CCN. The zero-order valence-electron chi connectivity index (χ0n) is 11.0. The van der Waals surface area contributed by atoms with Gasteiger partial charge in [0, 0.05) is 17.2 Å². The number of hydrogen-bond donors (Lipinski definition) is 1. The molecule has 0 unspecified atom stereocenters. The van der Waals surface area contributed by atoms with Crippen LogP contribution >= 0.6 is 11.6 Å². The normalized spacial score (nSPS) is 10.6. The predicted molar refractivity (Wildman–Crippen MR) is 75.4 cm³/mol. The maximum Gasteiger partial charge on any atom is 0.124 e. The summed E-state index contributed by atoms with van der Waals surface area (Å²) in [5.74, 6) is 0.812. The molecule has 0 atom stereocenters. The van der Waals surface area contributed by atoms with Crippen molar-refractivity contribution in [2.75, 3.05) is 26.4 Å². The van der Waals surface area contributed by atoms with Gasteiger partial charge in [0.1, 0.15) is 12.4 Å². The Morgan fingerprint density at radius 2 is 2.06 bits per heavy atom. The van der Waals surface area contributed by atoms with E-state index in [2.05, 4.69) is 6.92 Å². The van der Waals surface area contributed by atoms with E-state index in [1.165, 1.54) is 0 Å². The van der Waals surface area contributed by atoms with Gasteiger partial charge in [-0.2, -0.15) is 0 Å². The van der Waals surface area contributed by atoms with E-state index in [0.29, 0.717) is 24.8 Å². The van der Waals surface area contributed by atoms with Gasteiger partial charge < -0.3 is 15.2 Å². The molecule has 0 heterocycles. The molecule has 1 rings (SSSR count). The van der Waals surface area contributed by atoms with Crippen molar-refractivity contribution in [3.8, 4) is 5.75 Å². The number of nitrogens with two attached hydrogens (primary N) is 1. The van der Waals surface area contributed by atoms with Crippen molar-refractivity contribution in [1.29, 1.82) is 0 Å². The van der Waals surface area contributed by atoms with E-state index in [-0.39, 0.29) is 0 Å². The first-order valence-electron chi connectivity index (χ1n) is 6.47. The number of hydrogen-bond acceptors (Lipinski definition) is 3. The van der Waals surface area contributed by atoms with Crippen LogP contribution in [0.2, 0.25) is 5.02 Å². The zero-order chi connectivity index (χ0) is 13.2. The second-order valence-corrected chi connectivity index (χ2v) is 4.48. The first kappa shape index (κ1) is 15.3. The lowest BCUT2D eigenvalue weighted by Crippen LogP contribution is -2.10. The molecule has 0 aliphatic rings. The number of halogens is 1. The van der Waals surface area contributed by atoms with Crippen molar-refractivity contribution in [2.45, 2.75) is 26.2 Å². The molecule has 0 aliphatic heterocycles. The van der Waals surface area contributed by atoms with Gasteiger partial charge in [-0.05, 0) is 31.5 Å². The summed E-state index contributed by atoms with van der Waals surface area (Å²) < 4.78 is 11.1. The predicted octanol–water partition coefficient (Wildman–Crippen LogP) is 3.04. The van der Waals surface area contributed by atoms with Gasteiger partial charge in [0.25, 0.3) is 0 Å². The molecule has 0 amide bonds. The molecule has 102 valence electrons. The largest absolute Gasteiger partial charge is 0.491 e. The Balaban J connectivity index is 2.39. The van der Waals surface area contributed by atoms with Crippen LogP contribution < -0.4 is 10.5 Å². The van der Waals surface area contributed by atoms with Crippen molar-refractivity contribution in [3.05, 3.63) is 28.8 Å². The lowest BCUT2D eigenvalue weighted by molar-refractivity contribution is 0.0977. The zero-order valence-corrected chi connectivity index (χ0v) is 11.7. The minimum absolute atomic E-state index is 0.543. The highest BCUT2D eigenvalue weighted by Crippen LogP contribution is 2.26. The van der Waals surface area contributed by atoms with Gasteiger partial charge >= 0.3 is 0 Å². The van der Waals surface area contributed by atoms with Crippen molar-refractivity contribution < 1.29 is 9.47 Å². The molecule has 0 aliphatic carbocycles. The van der Waals surface area contributed by atoms with Crippen LogP contribution in [-0.4, -0.2) is 26.4 Å². The van der Waals surface area contributed by atoms with Crippen LogP contribution in [0, 0.1) is 0 Å². The van der Waals surface area contributed by atoms with Crippen LogP contribution in [0.15, 0.2) is 18.2 Å². The first-order valence-corrected chi connectivity index (χ1v) is 6.85. The van der Waals surface area contributed by atoms with E-state index in [1.54, 1.807) is 0 Å². The summed E-state index contributed by atoms with van der Waals surface area (Å²) in [4.78, 5) is 0. The summed E-state index contributed by atoms with van der Waals surface area (Å²) in [5, 5.41) is 0.713. The monoisotopic (exact) mass is 271 g/mol. The molecule has 0 fully saturated rings. The molecule has 0 radical (unpaired) electrons. The van der Waals surface area contributed by atoms with Gasteiger partial charge in [-0.25, -0.2) is 0 Å². The van der Waals surface area contributed by atoms with Gasteiger partial charge in [-0.15, -0.1) is 0 Å². The number of unbranched alkanes of at least 4 members (excludes halogenated alkanes) is 1. The van der Waals surface area contributed by atoms with Crippen LogP contribution in [-0.2, 0) is 11.2 Å². The Bertz CT molecular complexity index is 345. The van der Waals surface area contributed by atoms with Gasteiger partial charge in [0.05, 0.1) is 6.61 Å². The Hall–Kier alpha value is -0.770. The maximum atomic E-state index is 6.12. The molecule has 0 saturated heterocycles. The Morgan fingerprint density at radius 3 is 2.78 bits per heavy atom. The van der Waals surface area contributed by atoms with E-state index < -0.39 is 0 Å².